The number of hydrogen-bond donors (Lipinski definition) is 2. The molecule has 0 radical (unpaired) electrons. The molecule has 0 aliphatic rings. The van der Waals surface area contributed by atoms with Crippen LogP contribution >= 0.6 is 11.3 Å². The highest BCUT2D eigenvalue weighted by atomic mass is 32.1. The first-order chi connectivity index (χ1) is 8.33. The smallest absolute Gasteiger partial charge is 0.257 e. The zero-order valence-corrected chi connectivity index (χ0v) is 9.49. The van der Waals surface area contributed by atoms with E-state index in [2.05, 4.69) is 20.5 Å². The van der Waals surface area contributed by atoms with Crippen molar-refractivity contribution in [2.75, 3.05) is 5.32 Å². The molecule has 0 aliphatic heterocycles. The Labute approximate surface area is 101 Å². The van der Waals surface area contributed by atoms with E-state index in [9.17, 15) is 4.79 Å². The number of hydrogen-bond acceptors (Lipinski definition) is 4. The van der Waals surface area contributed by atoms with Crippen molar-refractivity contribution in [3.05, 3.63) is 41.5 Å². The zero-order chi connectivity index (χ0) is 11.7. The lowest BCUT2D eigenvalue weighted by Crippen LogP contribution is -2.11. The lowest BCUT2D eigenvalue weighted by molar-refractivity contribution is 0.102. The monoisotopic (exact) mass is 244 g/mol. The summed E-state index contributed by atoms with van der Waals surface area (Å²) in [4.78, 5) is 15.0. The number of benzene rings is 1. The van der Waals surface area contributed by atoms with Crippen molar-refractivity contribution < 1.29 is 4.79 Å². The van der Waals surface area contributed by atoms with Gasteiger partial charge in [0.25, 0.3) is 5.91 Å². The summed E-state index contributed by atoms with van der Waals surface area (Å²) in [5.74, 6) is -0.176. The number of aromatic nitrogens is 3. The van der Waals surface area contributed by atoms with Crippen LogP contribution in [0.3, 0.4) is 0 Å². The summed E-state index contributed by atoms with van der Waals surface area (Å²) in [6.45, 7) is 0. The lowest BCUT2D eigenvalue weighted by atomic mass is 10.1. The van der Waals surface area contributed by atoms with Crippen molar-refractivity contribution in [2.45, 2.75) is 0 Å². The Morgan fingerprint density at radius 1 is 1.35 bits per heavy atom. The fourth-order valence-electron chi connectivity index (χ4n) is 1.59. The lowest BCUT2D eigenvalue weighted by Gasteiger charge is -2.01. The number of nitrogens with zero attached hydrogens (tertiary/aromatic N) is 2. The van der Waals surface area contributed by atoms with Crippen molar-refractivity contribution >= 4 is 33.3 Å². The highest BCUT2D eigenvalue weighted by Crippen LogP contribution is 2.16. The van der Waals surface area contributed by atoms with Gasteiger partial charge in [-0.3, -0.25) is 10.1 Å². The van der Waals surface area contributed by atoms with Crippen LogP contribution in [0.2, 0.25) is 0 Å². The van der Waals surface area contributed by atoms with Crippen LogP contribution in [0.1, 0.15) is 10.4 Å². The van der Waals surface area contributed by atoms with Gasteiger partial charge in [0.2, 0.25) is 5.13 Å². The maximum absolute atomic E-state index is 11.9. The van der Waals surface area contributed by atoms with E-state index in [1.54, 1.807) is 11.6 Å². The van der Waals surface area contributed by atoms with E-state index in [-0.39, 0.29) is 5.91 Å². The first-order valence-electron chi connectivity index (χ1n) is 4.97. The third-order valence-electron chi connectivity index (χ3n) is 2.40. The van der Waals surface area contributed by atoms with Gasteiger partial charge in [0.15, 0.2) is 0 Å². The molecule has 3 rings (SSSR count). The Balaban J connectivity index is 1.90. The number of fused-ring (bicyclic) bond motifs is 1. The maximum atomic E-state index is 11.9. The van der Waals surface area contributed by atoms with Gasteiger partial charge in [-0.2, -0.15) is 0 Å². The van der Waals surface area contributed by atoms with Crippen LogP contribution in [0.4, 0.5) is 5.13 Å². The molecule has 0 bridgehead atoms. The number of carbonyl (C=O) groups excluding carboxylic acids is 1. The summed E-state index contributed by atoms with van der Waals surface area (Å²) in [6.07, 6.45) is 1.84. The zero-order valence-electron chi connectivity index (χ0n) is 8.68. The summed E-state index contributed by atoms with van der Waals surface area (Å²) >= 11 is 1.29. The molecule has 0 saturated heterocycles. The molecule has 1 aromatic carbocycles. The van der Waals surface area contributed by atoms with Gasteiger partial charge in [-0.15, -0.1) is 10.2 Å². The molecule has 17 heavy (non-hydrogen) atoms. The molecule has 2 aromatic heterocycles. The molecule has 5 nitrogen and oxygen atoms in total. The standard InChI is InChI=1S/C11H8N4OS/c16-10(14-11-15-13-6-17-11)8-1-2-9-7(5-8)3-4-12-9/h1-6,12H,(H,14,15,16). The van der Waals surface area contributed by atoms with Crippen molar-refractivity contribution in [1.82, 2.24) is 15.2 Å². The second-order valence-electron chi connectivity index (χ2n) is 3.48. The molecule has 0 spiro atoms. The van der Waals surface area contributed by atoms with Crippen molar-refractivity contribution in [3.8, 4) is 0 Å². The molecule has 84 valence electrons. The SMILES string of the molecule is O=C(Nc1nncs1)c1ccc2[nH]ccc2c1. The minimum Gasteiger partial charge on any atom is -0.361 e. The van der Waals surface area contributed by atoms with Gasteiger partial charge in [-0.1, -0.05) is 11.3 Å². The summed E-state index contributed by atoms with van der Waals surface area (Å²) < 4.78 is 0. The van der Waals surface area contributed by atoms with Crippen molar-refractivity contribution in [3.63, 3.8) is 0 Å². The van der Waals surface area contributed by atoms with Crippen LogP contribution < -0.4 is 5.32 Å². The van der Waals surface area contributed by atoms with E-state index in [1.807, 2.05) is 24.4 Å². The molecule has 1 amide bonds. The summed E-state index contributed by atoms with van der Waals surface area (Å²) in [5, 5.41) is 11.6. The molecule has 3 aromatic rings. The Morgan fingerprint density at radius 3 is 3.12 bits per heavy atom. The predicted octanol–water partition coefficient (Wildman–Crippen LogP) is 2.27. The van der Waals surface area contributed by atoms with Gasteiger partial charge in [-0.05, 0) is 24.3 Å². The Morgan fingerprint density at radius 2 is 2.29 bits per heavy atom. The van der Waals surface area contributed by atoms with Gasteiger partial charge in [0, 0.05) is 22.7 Å². The Bertz CT molecular complexity index is 659. The number of H-pyrrole nitrogens is 1. The van der Waals surface area contributed by atoms with Crippen molar-refractivity contribution in [1.29, 1.82) is 0 Å². The van der Waals surface area contributed by atoms with Gasteiger partial charge in [0.1, 0.15) is 5.51 Å². The molecule has 0 saturated carbocycles. The fourth-order valence-corrected chi connectivity index (χ4v) is 2.03. The second kappa shape index (κ2) is 3.99. The highest BCUT2D eigenvalue weighted by Gasteiger charge is 2.08. The first kappa shape index (κ1) is 9.98. The van der Waals surface area contributed by atoms with Gasteiger partial charge in [0.05, 0.1) is 0 Å². The molecule has 0 unspecified atom stereocenters. The van der Waals surface area contributed by atoms with E-state index >= 15 is 0 Å². The molecule has 0 aliphatic carbocycles. The number of aromatic amines is 1. The minimum atomic E-state index is -0.176. The third kappa shape index (κ3) is 1.90. The van der Waals surface area contributed by atoms with Crippen LogP contribution in [0.15, 0.2) is 36.0 Å². The molecule has 2 heterocycles. The van der Waals surface area contributed by atoms with Crippen LogP contribution in [0.25, 0.3) is 10.9 Å². The normalized spacial score (nSPS) is 10.6. The van der Waals surface area contributed by atoms with Gasteiger partial charge < -0.3 is 4.98 Å². The number of amides is 1. The molecule has 0 fully saturated rings. The van der Waals surface area contributed by atoms with Gasteiger partial charge in [-0.25, -0.2) is 0 Å². The largest absolute Gasteiger partial charge is 0.361 e. The van der Waals surface area contributed by atoms with E-state index in [1.165, 1.54) is 11.3 Å². The first-order valence-corrected chi connectivity index (χ1v) is 5.85. The molecule has 6 heteroatoms. The number of anilines is 1. The third-order valence-corrected chi connectivity index (χ3v) is 3.00. The summed E-state index contributed by atoms with van der Waals surface area (Å²) in [7, 11) is 0. The fraction of sp³-hybridized carbons (Fsp3) is 0. The van der Waals surface area contributed by atoms with E-state index in [0.717, 1.165) is 10.9 Å². The number of carbonyl (C=O) groups is 1. The van der Waals surface area contributed by atoms with Crippen LogP contribution in [-0.4, -0.2) is 21.1 Å². The van der Waals surface area contributed by atoms with Gasteiger partial charge >= 0.3 is 0 Å². The molecular weight excluding hydrogens is 236 g/mol. The Hall–Kier alpha value is -2.21. The minimum absolute atomic E-state index is 0.176. The summed E-state index contributed by atoms with van der Waals surface area (Å²) in [6, 6.07) is 7.42. The number of rotatable bonds is 2. The van der Waals surface area contributed by atoms with E-state index in [0.29, 0.717) is 10.7 Å². The topological polar surface area (TPSA) is 70.7 Å². The maximum Gasteiger partial charge on any atom is 0.257 e. The van der Waals surface area contributed by atoms with Crippen LogP contribution in [0.5, 0.6) is 0 Å². The Kier molecular flexibility index (Phi) is 2.34. The average Bonchev–Trinajstić information content (AvgIpc) is 2.97. The van der Waals surface area contributed by atoms with Crippen LogP contribution in [0, 0.1) is 0 Å². The van der Waals surface area contributed by atoms with E-state index < -0.39 is 0 Å². The van der Waals surface area contributed by atoms with E-state index in [4.69, 9.17) is 0 Å². The van der Waals surface area contributed by atoms with Crippen LogP contribution in [-0.2, 0) is 0 Å². The molecule has 0 atom stereocenters. The second-order valence-corrected chi connectivity index (χ2v) is 4.31. The quantitative estimate of drug-likeness (QED) is 0.726. The highest BCUT2D eigenvalue weighted by molar-refractivity contribution is 7.13. The molecular formula is C11H8N4OS. The molecule has 2 N–H and O–H groups in total. The number of nitrogens with one attached hydrogen (secondary N) is 2. The predicted molar refractivity (Wildman–Crippen MR) is 66.2 cm³/mol. The van der Waals surface area contributed by atoms with Crippen molar-refractivity contribution in [2.24, 2.45) is 0 Å². The summed E-state index contributed by atoms with van der Waals surface area (Å²) in [5.41, 5.74) is 3.19. The average molecular weight is 244 g/mol.